The fraction of sp³-hybridized carbons (Fsp3) is 0.154. The van der Waals surface area contributed by atoms with Crippen LogP contribution in [0, 0.1) is 6.92 Å². The number of hydrogen-bond acceptors (Lipinski definition) is 2. The van der Waals surface area contributed by atoms with Gasteiger partial charge in [-0.25, -0.2) is 8.42 Å². The number of halogens is 1. The molecule has 162 valence electrons. The van der Waals surface area contributed by atoms with Gasteiger partial charge >= 0.3 is 0 Å². The molecule has 0 saturated heterocycles. The normalized spacial score (nSPS) is 19.1. The number of sulfonamides is 1. The van der Waals surface area contributed by atoms with Gasteiger partial charge in [-0.1, -0.05) is 71.8 Å². The van der Waals surface area contributed by atoms with E-state index >= 15 is 0 Å². The number of hydrogen-bond donors (Lipinski definition) is 1. The first kappa shape index (κ1) is 21.0. The monoisotopic (exact) mass is 462 g/mol. The van der Waals surface area contributed by atoms with Crippen LogP contribution in [0.25, 0.3) is 10.9 Å². The summed E-state index contributed by atoms with van der Waals surface area (Å²) in [5.41, 5.74) is 4.64. The number of aryl methyl sites for hydroxylation is 1. The first-order chi connectivity index (χ1) is 15.4. The SMILES string of the molecule is C=C[C@H]1CN(S(=O)(=O)c2ccc(C)cc2)[C@@H](c2ccccc2Cl)c2[nH]c3ccccc3c21. The highest BCUT2D eigenvalue weighted by atomic mass is 35.5. The molecule has 1 aliphatic rings. The van der Waals surface area contributed by atoms with Gasteiger partial charge in [0.15, 0.2) is 0 Å². The van der Waals surface area contributed by atoms with Crippen LogP contribution in [0.3, 0.4) is 0 Å². The molecule has 0 aliphatic carbocycles. The molecule has 1 aromatic heterocycles. The fourth-order valence-electron chi connectivity index (χ4n) is 4.62. The number of rotatable bonds is 4. The summed E-state index contributed by atoms with van der Waals surface area (Å²) in [4.78, 5) is 3.77. The Morgan fingerprint density at radius 3 is 2.44 bits per heavy atom. The maximum absolute atomic E-state index is 13.9. The standard InChI is InChI=1S/C26H23ClN2O2S/c1-3-18-16-29(32(30,31)19-14-12-17(2)13-15-19)26(20-8-4-6-10-22(20)27)25-24(18)21-9-5-7-11-23(21)28-25/h3-15,18,26,28H,1,16H2,2H3/t18-,26-/m0/s1. The quantitative estimate of drug-likeness (QED) is 0.367. The molecule has 1 aliphatic heterocycles. The van der Waals surface area contributed by atoms with Crippen molar-refractivity contribution >= 4 is 32.5 Å². The van der Waals surface area contributed by atoms with Gasteiger partial charge < -0.3 is 4.98 Å². The Kier molecular flexibility index (Phi) is 5.20. The highest BCUT2D eigenvalue weighted by Crippen LogP contribution is 2.47. The van der Waals surface area contributed by atoms with Crippen LogP contribution < -0.4 is 0 Å². The Hall–Kier alpha value is -2.86. The summed E-state index contributed by atoms with van der Waals surface area (Å²) in [5.74, 6) is -0.153. The molecule has 2 atom stereocenters. The van der Waals surface area contributed by atoms with Crippen LogP contribution in [0.4, 0.5) is 0 Å². The lowest BCUT2D eigenvalue weighted by Gasteiger charge is -2.38. The average Bonchev–Trinajstić information content (AvgIpc) is 3.18. The van der Waals surface area contributed by atoms with Crippen molar-refractivity contribution in [1.82, 2.24) is 9.29 Å². The number of H-pyrrole nitrogens is 1. The zero-order valence-corrected chi connectivity index (χ0v) is 19.2. The maximum atomic E-state index is 13.9. The molecule has 0 amide bonds. The summed E-state index contributed by atoms with van der Waals surface area (Å²) in [6, 6.07) is 21.9. The Balaban J connectivity index is 1.79. The molecule has 0 bridgehead atoms. The minimum Gasteiger partial charge on any atom is -0.357 e. The van der Waals surface area contributed by atoms with Gasteiger partial charge in [0.05, 0.1) is 10.9 Å². The van der Waals surface area contributed by atoms with E-state index in [1.165, 1.54) is 0 Å². The third kappa shape index (κ3) is 3.28. The van der Waals surface area contributed by atoms with E-state index in [1.807, 2.05) is 61.5 Å². The van der Waals surface area contributed by atoms with E-state index in [4.69, 9.17) is 11.6 Å². The molecule has 4 aromatic rings. The summed E-state index contributed by atoms with van der Waals surface area (Å²) in [6.45, 7) is 6.25. The predicted molar refractivity (Wildman–Crippen MR) is 130 cm³/mol. The van der Waals surface area contributed by atoms with E-state index in [2.05, 4.69) is 17.6 Å². The molecule has 0 saturated carbocycles. The summed E-state index contributed by atoms with van der Waals surface area (Å²) >= 11 is 6.62. The molecule has 3 aromatic carbocycles. The molecule has 1 N–H and O–H groups in total. The predicted octanol–water partition coefficient (Wildman–Crippen LogP) is 6.19. The van der Waals surface area contributed by atoms with Crippen molar-refractivity contribution in [2.45, 2.75) is 23.8 Å². The van der Waals surface area contributed by atoms with Crippen molar-refractivity contribution in [3.05, 3.63) is 113 Å². The third-order valence-corrected chi connectivity index (χ3v) is 8.39. The number of benzene rings is 3. The van der Waals surface area contributed by atoms with Gasteiger partial charge in [0.1, 0.15) is 0 Å². The van der Waals surface area contributed by atoms with E-state index in [-0.39, 0.29) is 17.4 Å². The smallest absolute Gasteiger partial charge is 0.244 e. The molecule has 0 fully saturated rings. The van der Waals surface area contributed by atoms with Crippen LogP contribution in [-0.4, -0.2) is 24.3 Å². The Morgan fingerprint density at radius 1 is 1.03 bits per heavy atom. The van der Waals surface area contributed by atoms with Gasteiger partial charge in [-0.3, -0.25) is 0 Å². The largest absolute Gasteiger partial charge is 0.357 e. The van der Waals surface area contributed by atoms with Crippen molar-refractivity contribution in [2.75, 3.05) is 6.54 Å². The number of fused-ring (bicyclic) bond motifs is 3. The number of aromatic amines is 1. The van der Waals surface area contributed by atoms with Crippen LogP contribution in [0.5, 0.6) is 0 Å². The average molecular weight is 463 g/mol. The molecule has 0 spiro atoms. The molecule has 0 unspecified atom stereocenters. The van der Waals surface area contributed by atoms with Gasteiger partial charge in [0.25, 0.3) is 0 Å². The van der Waals surface area contributed by atoms with Crippen LogP contribution in [0.1, 0.15) is 34.3 Å². The molecular weight excluding hydrogens is 440 g/mol. The first-order valence-electron chi connectivity index (χ1n) is 10.5. The molecular formula is C26H23ClN2O2S. The number of nitrogens with one attached hydrogen (secondary N) is 1. The van der Waals surface area contributed by atoms with E-state index in [0.29, 0.717) is 5.02 Å². The Labute approximate surface area is 193 Å². The topological polar surface area (TPSA) is 53.2 Å². The highest BCUT2D eigenvalue weighted by Gasteiger charge is 2.42. The highest BCUT2D eigenvalue weighted by molar-refractivity contribution is 7.89. The van der Waals surface area contributed by atoms with Crippen LogP contribution in [0.2, 0.25) is 5.02 Å². The second-order valence-corrected chi connectivity index (χ2v) is 10.4. The molecule has 5 rings (SSSR count). The summed E-state index contributed by atoms with van der Waals surface area (Å²) < 4.78 is 29.4. The summed E-state index contributed by atoms with van der Waals surface area (Å²) in [5, 5.41) is 1.61. The van der Waals surface area contributed by atoms with Crippen LogP contribution in [0.15, 0.2) is 90.3 Å². The van der Waals surface area contributed by atoms with Gasteiger partial charge in [0, 0.05) is 34.1 Å². The first-order valence-corrected chi connectivity index (χ1v) is 12.3. The van der Waals surface area contributed by atoms with Crippen molar-refractivity contribution in [3.8, 4) is 0 Å². The molecule has 4 nitrogen and oxygen atoms in total. The zero-order valence-electron chi connectivity index (χ0n) is 17.6. The van der Waals surface area contributed by atoms with Gasteiger partial charge in [-0.2, -0.15) is 4.31 Å². The zero-order chi connectivity index (χ0) is 22.5. The third-order valence-electron chi connectivity index (χ3n) is 6.20. The lowest BCUT2D eigenvalue weighted by Crippen LogP contribution is -2.42. The van der Waals surface area contributed by atoms with E-state index < -0.39 is 16.1 Å². The molecule has 6 heteroatoms. The summed E-state index contributed by atoms with van der Waals surface area (Å²) in [6.07, 6.45) is 1.83. The molecule has 2 heterocycles. The second-order valence-electron chi connectivity index (χ2n) is 8.15. The van der Waals surface area contributed by atoms with E-state index in [9.17, 15) is 8.42 Å². The van der Waals surface area contributed by atoms with Crippen molar-refractivity contribution in [2.24, 2.45) is 0 Å². The van der Waals surface area contributed by atoms with Crippen molar-refractivity contribution in [1.29, 1.82) is 0 Å². The van der Waals surface area contributed by atoms with Gasteiger partial charge in [-0.15, -0.1) is 6.58 Å². The Morgan fingerprint density at radius 2 is 1.72 bits per heavy atom. The lowest BCUT2D eigenvalue weighted by molar-refractivity contribution is 0.327. The molecule has 0 radical (unpaired) electrons. The van der Waals surface area contributed by atoms with Gasteiger partial charge in [-0.05, 0) is 42.3 Å². The minimum atomic E-state index is -3.81. The lowest BCUT2D eigenvalue weighted by atomic mass is 9.87. The minimum absolute atomic E-state index is 0.153. The summed E-state index contributed by atoms with van der Waals surface area (Å²) in [7, 11) is -3.81. The van der Waals surface area contributed by atoms with Crippen molar-refractivity contribution < 1.29 is 8.42 Å². The van der Waals surface area contributed by atoms with E-state index in [0.717, 1.165) is 33.3 Å². The van der Waals surface area contributed by atoms with Crippen LogP contribution >= 0.6 is 11.6 Å². The van der Waals surface area contributed by atoms with E-state index in [1.54, 1.807) is 22.5 Å². The number of para-hydroxylation sites is 1. The second kappa shape index (κ2) is 7.93. The fourth-order valence-corrected chi connectivity index (χ4v) is 6.46. The van der Waals surface area contributed by atoms with Gasteiger partial charge in [0.2, 0.25) is 10.0 Å². The van der Waals surface area contributed by atoms with Crippen molar-refractivity contribution in [3.63, 3.8) is 0 Å². The number of nitrogens with zero attached hydrogens (tertiary/aromatic N) is 1. The Bertz CT molecular complexity index is 1420. The maximum Gasteiger partial charge on any atom is 0.244 e. The number of aromatic nitrogens is 1. The van der Waals surface area contributed by atoms with Crippen LogP contribution in [-0.2, 0) is 10.0 Å². The molecule has 32 heavy (non-hydrogen) atoms.